The van der Waals surface area contributed by atoms with Crippen LogP contribution in [0.5, 0.6) is 0 Å². The van der Waals surface area contributed by atoms with E-state index in [4.69, 9.17) is 4.74 Å². The summed E-state index contributed by atoms with van der Waals surface area (Å²) in [6.07, 6.45) is 3.95. The first-order valence-corrected chi connectivity index (χ1v) is 8.09. The Bertz CT molecular complexity index is 809. The Hall–Kier alpha value is -2.62. The SMILES string of the molecule is CC(C)(C)c1ccc(COC(=O)Cc2cn3ccccc3n2)cc1. The largest absolute Gasteiger partial charge is 0.461 e. The molecular weight excluding hydrogens is 300 g/mol. The molecule has 0 bridgehead atoms. The molecule has 24 heavy (non-hydrogen) atoms. The number of aromatic nitrogens is 2. The minimum absolute atomic E-state index is 0.123. The van der Waals surface area contributed by atoms with Gasteiger partial charge in [-0.1, -0.05) is 51.1 Å². The maximum Gasteiger partial charge on any atom is 0.312 e. The van der Waals surface area contributed by atoms with Crippen LogP contribution in [0.25, 0.3) is 5.65 Å². The lowest BCUT2D eigenvalue weighted by molar-refractivity contribution is -0.144. The summed E-state index contributed by atoms with van der Waals surface area (Å²) in [4.78, 5) is 16.4. The molecule has 0 radical (unpaired) electrons. The Kier molecular flexibility index (Phi) is 4.38. The third-order valence-corrected chi connectivity index (χ3v) is 3.96. The summed E-state index contributed by atoms with van der Waals surface area (Å²) in [6, 6.07) is 14.0. The number of fused-ring (bicyclic) bond motifs is 1. The molecule has 124 valence electrons. The smallest absolute Gasteiger partial charge is 0.312 e. The number of imidazole rings is 1. The van der Waals surface area contributed by atoms with E-state index in [2.05, 4.69) is 37.9 Å². The van der Waals surface area contributed by atoms with Crippen LogP contribution in [0.15, 0.2) is 54.9 Å². The average Bonchev–Trinajstić information content (AvgIpc) is 2.94. The molecule has 0 unspecified atom stereocenters. The zero-order chi connectivity index (χ0) is 17.2. The number of nitrogens with zero attached hydrogens (tertiary/aromatic N) is 2. The quantitative estimate of drug-likeness (QED) is 0.684. The molecule has 0 spiro atoms. The van der Waals surface area contributed by atoms with E-state index in [0.29, 0.717) is 5.69 Å². The molecule has 0 amide bonds. The Morgan fingerprint density at radius 2 is 1.88 bits per heavy atom. The van der Waals surface area contributed by atoms with E-state index >= 15 is 0 Å². The Morgan fingerprint density at radius 1 is 1.12 bits per heavy atom. The van der Waals surface area contributed by atoms with E-state index in [1.807, 2.05) is 47.1 Å². The van der Waals surface area contributed by atoms with Gasteiger partial charge in [0.2, 0.25) is 0 Å². The van der Waals surface area contributed by atoms with E-state index in [0.717, 1.165) is 11.2 Å². The molecule has 0 aliphatic rings. The lowest BCUT2D eigenvalue weighted by Gasteiger charge is -2.19. The summed E-state index contributed by atoms with van der Waals surface area (Å²) in [5.74, 6) is -0.265. The number of pyridine rings is 1. The van der Waals surface area contributed by atoms with Crippen molar-refractivity contribution in [3.8, 4) is 0 Å². The molecule has 0 saturated heterocycles. The van der Waals surface area contributed by atoms with Crippen molar-refractivity contribution >= 4 is 11.6 Å². The van der Waals surface area contributed by atoms with Gasteiger partial charge in [-0.3, -0.25) is 4.79 Å². The van der Waals surface area contributed by atoms with Crippen LogP contribution in [0.3, 0.4) is 0 Å². The van der Waals surface area contributed by atoms with Crippen LogP contribution < -0.4 is 0 Å². The van der Waals surface area contributed by atoms with Crippen LogP contribution in [0, 0.1) is 0 Å². The molecule has 2 aromatic heterocycles. The highest BCUT2D eigenvalue weighted by molar-refractivity contribution is 5.72. The number of carbonyl (C=O) groups is 1. The predicted molar refractivity (Wildman–Crippen MR) is 93.8 cm³/mol. The van der Waals surface area contributed by atoms with Crippen LogP contribution in [-0.2, 0) is 28.0 Å². The number of esters is 1. The van der Waals surface area contributed by atoms with Crippen LogP contribution in [0.4, 0.5) is 0 Å². The number of rotatable bonds is 4. The highest BCUT2D eigenvalue weighted by atomic mass is 16.5. The summed E-state index contributed by atoms with van der Waals surface area (Å²) in [7, 11) is 0. The topological polar surface area (TPSA) is 43.6 Å². The maximum absolute atomic E-state index is 12.0. The fourth-order valence-corrected chi connectivity index (χ4v) is 2.54. The van der Waals surface area contributed by atoms with Gasteiger partial charge in [-0.15, -0.1) is 0 Å². The fourth-order valence-electron chi connectivity index (χ4n) is 2.54. The second-order valence-corrected chi connectivity index (χ2v) is 6.98. The van der Waals surface area contributed by atoms with Crippen molar-refractivity contribution in [3.63, 3.8) is 0 Å². The average molecular weight is 322 g/mol. The molecule has 1 aromatic carbocycles. The van der Waals surface area contributed by atoms with Gasteiger partial charge >= 0.3 is 5.97 Å². The van der Waals surface area contributed by atoms with Crippen molar-refractivity contribution in [1.29, 1.82) is 0 Å². The monoisotopic (exact) mass is 322 g/mol. The summed E-state index contributed by atoms with van der Waals surface area (Å²) >= 11 is 0. The Morgan fingerprint density at radius 3 is 2.54 bits per heavy atom. The van der Waals surface area contributed by atoms with Gasteiger partial charge in [-0.2, -0.15) is 0 Å². The molecule has 0 fully saturated rings. The zero-order valence-corrected chi connectivity index (χ0v) is 14.3. The molecule has 0 aliphatic heterocycles. The third kappa shape index (κ3) is 3.82. The molecule has 0 atom stereocenters. The van der Waals surface area contributed by atoms with Crippen LogP contribution in [0.1, 0.15) is 37.6 Å². The number of carbonyl (C=O) groups excluding carboxylic acids is 1. The minimum atomic E-state index is -0.265. The summed E-state index contributed by atoms with van der Waals surface area (Å²) in [5.41, 5.74) is 3.93. The molecule has 3 rings (SSSR count). The first-order valence-electron chi connectivity index (χ1n) is 8.09. The number of hydrogen-bond donors (Lipinski definition) is 0. The van der Waals surface area contributed by atoms with Gasteiger partial charge < -0.3 is 9.14 Å². The van der Waals surface area contributed by atoms with Crippen molar-refractivity contribution in [3.05, 3.63) is 71.7 Å². The van der Waals surface area contributed by atoms with E-state index < -0.39 is 0 Å². The van der Waals surface area contributed by atoms with E-state index in [9.17, 15) is 4.79 Å². The summed E-state index contributed by atoms with van der Waals surface area (Å²) < 4.78 is 7.26. The molecule has 2 heterocycles. The van der Waals surface area contributed by atoms with Crippen molar-refractivity contribution in [2.75, 3.05) is 0 Å². The van der Waals surface area contributed by atoms with Gasteiger partial charge in [0, 0.05) is 12.4 Å². The molecule has 4 heteroatoms. The number of benzene rings is 1. The highest BCUT2D eigenvalue weighted by Gasteiger charge is 2.13. The van der Waals surface area contributed by atoms with Crippen LogP contribution >= 0.6 is 0 Å². The first-order chi connectivity index (χ1) is 11.4. The first kappa shape index (κ1) is 16.2. The lowest BCUT2D eigenvalue weighted by atomic mass is 9.87. The lowest BCUT2D eigenvalue weighted by Crippen LogP contribution is -2.11. The van der Waals surface area contributed by atoms with Gasteiger partial charge in [-0.05, 0) is 28.7 Å². The maximum atomic E-state index is 12.0. The second kappa shape index (κ2) is 6.48. The molecule has 0 aliphatic carbocycles. The van der Waals surface area contributed by atoms with Gasteiger partial charge in [-0.25, -0.2) is 4.98 Å². The van der Waals surface area contributed by atoms with Gasteiger partial charge in [0.05, 0.1) is 12.1 Å². The van der Waals surface area contributed by atoms with Crippen molar-refractivity contribution in [2.45, 2.75) is 39.2 Å². The standard InChI is InChI=1S/C20H22N2O2/c1-20(2,3)16-9-7-15(8-10-16)14-24-19(23)12-17-13-22-11-5-4-6-18(22)21-17/h4-11,13H,12,14H2,1-3H3. The van der Waals surface area contributed by atoms with Crippen molar-refractivity contribution in [1.82, 2.24) is 9.38 Å². The zero-order valence-electron chi connectivity index (χ0n) is 14.3. The van der Waals surface area contributed by atoms with E-state index in [1.165, 1.54) is 5.56 Å². The summed E-state index contributed by atoms with van der Waals surface area (Å²) in [5, 5.41) is 0. The van der Waals surface area contributed by atoms with E-state index in [1.54, 1.807) is 0 Å². The molecule has 3 aromatic rings. The van der Waals surface area contributed by atoms with Crippen LogP contribution in [0.2, 0.25) is 0 Å². The van der Waals surface area contributed by atoms with Crippen molar-refractivity contribution in [2.24, 2.45) is 0 Å². The van der Waals surface area contributed by atoms with Gasteiger partial charge in [0.15, 0.2) is 0 Å². The fraction of sp³-hybridized carbons (Fsp3) is 0.300. The summed E-state index contributed by atoms with van der Waals surface area (Å²) in [6.45, 7) is 6.82. The molecule has 4 nitrogen and oxygen atoms in total. The van der Waals surface area contributed by atoms with Gasteiger partial charge in [0.1, 0.15) is 12.3 Å². The highest BCUT2D eigenvalue weighted by Crippen LogP contribution is 2.22. The predicted octanol–water partition coefficient (Wildman–Crippen LogP) is 3.92. The van der Waals surface area contributed by atoms with Crippen molar-refractivity contribution < 1.29 is 9.53 Å². The Labute approximate surface area is 142 Å². The minimum Gasteiger partial charge on any atom is -0.461 e. The van der Waals surface area contributed by atoms with E-state index in [-0.39, 0.29) is 24.4 Å². The Balaban J connectivity index is 1.57. The number of hydrogen-bond acceptors (Lipinski definition) is 3. The molecule has 0 saturated carbocycles. The third-order valence-electron chi connectivity index (χ3n) is 3.96. The normalized spacial score (nSPS) is 11.6. The van der Waals surface area contributed by atoms with Gasteiger partial charge in [0.25, 0.3) is 0 Å². The number of ether oxygens (including phenoxy) is 1. The molecule has 0 N–H and O–H groups in total. The second-order valence-electron chi connectivity index (χ2n) is 6.98. The van der Waals surface area contributed by atoms with Crippen LogP contribution in [-0.4, -0.2) is 15.4 Å². The molecular formula is C20H22N2O2.